The lowest BCUT2D eigenvalue weighted by atomic mass is 10.1. The number of rotatable bonds is 6. The number of aromatic nitrogens is 2. The zero-order valence-electron chi connectivity index (χ0n) is 15.2. The van der Waals surface area contributed by atoms with Crippen LogP contribution >= 0.6 is 15.9 Å². The van der Waals surface area contributed by atoms with Gasteiger partial charge in [-0.2, -0.15) is 5.10 Å². The standard InChI is InChI=1S/C20H20BrN3O3/c1-12(14-6-9-18(26-2)19(10-14)27-3)22-20(25)17-11-16(23-24-17)13-4-7-15(21)8-5-13/h4-12H,1-3H3,(H,22,25)(H,23,24)/t12-/m1/s1. The van der Waals surface area contributed by atoms with Crippen molar-refractivity contribution in [2.45, 2.75) is 13.0 Å². The molecule has 0 saturated carbocycles. The topological polar surface area (TPSA) is 76.2 Å². The second-order valence-electron chi connectivity index (χ2n) is 5.98. The smallest absolute Gasteiger partial charge is 0.269 e. The van der Waals surface area contributed by atoms with Crippen molar-refractivity contribution in [2.75, 3.05) is 14.2 Å². The number of ether oxygens (including phenoxy) is 2. The van der Waals surface area contributed by atoms with E-state index < -0.39 is 0 Å². The number of carbonyl (C=O) groups excluding carboxylic acids is 1. The van der Waals surface area contributed by atoms with Gasteiger partial charge in [0, 0.05) is 10.0 Å². The Hall–Kier alpha value is -2.80. The Bertz CT molecular complexity index is 938. The van der Waals surface area contributed by atoms with Crippen LogP contribution in [0.5, 0.6) is 11.5 Å². The van der Waals surface area contributed by atoms with Gasteiger partial charge in [0.05, 0.1) is 26.0 Å². The monoisotopic (exact) mass is 429 g/mol. The van der Waals surface area contributed by atoms with E-state index in [1.165, 1.54) is 0 Å². The largest absolute Gasteiger partial charge is 0.493 e. The summed E-state index contributed by atoms with van der Waals surface area (Å²) in [6, 6.07) is 14.8. The fourth-order valence-corrected chi connectivity index (χ4v) is 2.95. The fourth-order valence-electron chi connectivity index (χ4n) is 2.69. The predicted molar refractivity (Wildman–Crippen MR) is 107 cm³/mol. The summed E-state index contributed by atoms with van der Waals surface area (Å²) in [7, 11) is 3.17. The molecule has 0 bridgehead atoms. The Kier molecular flexibility index (Phi) is 5.81. The Balaban J connectivity index is 1.73. The maximum Gasteiger partial charge on any atom is 0.269 e. The molecule has 0 spiro atoms. The number of hydrogen-bond acceptors (Lipinski definition) is 4. The number of carbonyl (C=O) groups is 1. The van der Waals surface area contributed by atoms with E-state index in [2.05, 4.69) is 31.4 Å². The number of amides is 1. The average molecular weight is 430 g/mol. The third-order valence-electron chi connectivity index (χ3n) is 4.22. The van der Waals surface area contributed by atoms with Gasteiger partial charge in [-0.15, -0.1) is 0 Å². The van der Waals surface area contributed by atoms with E-state index in [1.54, 1.807) is 20.3 Å². The first-order valence-corrected chi connectivity index (χ1v) is 9.15. The second-order valence-corrected chi connectivity index (χ2v) is 6.90. The highest BCUT2D eigenvalue weighted by molar-refractivity contribution is 9.10. The van der Waals surface area contributed by atoms with Crippen molar-refractivity contribution in [3.63, 3.8) is 0 Å². The maximum absolute atomic E-state index is 12.6. The van der Waals surface area contributed by atoms with E-state index in [0.717, 1.165) is 15.6 Å². The highest BCUT2D eigenvalue weighted by Gasteiger charge is 2.16. The third-order valence-corrected chi connectivity index (χ3v) is 4.75. The predicted octanol–water partition coefficient (Wildman–Crippen LogP) is 4.35. The van der Waals surface area contributed by atoms with Crippen molar-refractivity contribution in [2.24, 2.45) is 0 Å². The Morgan fingerprint density at radius 2 is 1.78 bits per heavy atom. The molecule has 3 rings (SSSR count). The lowest BCUT2D eigenvalue weighted by Crippen LogP contribution is -2.27. The number of methoxy groups -OCH3 is 2. The first kappa shape index (κ1) is 19.0. The maximum atomic E-state index is 12.6. The molecular weight excluding hydrogens is 410 g/mol. The van der Waals surface area contributed by atoms with Gasteiger partial charge in [0.2, 0.25) is 0 Å². The number of aromatic amines is 1. The minimum Gasteiger partial charge on any atom is -0.493 e. The Labute approximate surface area is 166 Å². The zero-order chi connectivity index (χ0) is 19.4. The molecular formula is C20H20BrN3O3. The first-order chi connectivity index (χ1) is 13.0. The van der Waals surface area contributed by atoms with Gasteiger partial charge in [-0.1, -0.05) is 34.1 Å². The zero-order valence-corrected chi connectivity index (χ0v) is 16.8. The molecule has 1 heterocycles. The summed E-state index contributed by atoms with van der Waals surface area (Å²) >= 11 is 3.41. The van der Waals surface area contributed by atoms with Crippen molar-refractivity contribution in [3.05, 3.63) is 64.3 Å². The highest BCUT2D eigenvalue weighted by atomic mass is 79.9. The summed E-state index contributed by atoms with van der Waals surface area (Å²) in [5.74, 6) is 1.04. The molecule has 2 aromatic carbocycles. The lowest BCUT2D eigenvalue weighted by Gasteiger charge is -2.16. The van der Waals surface area contributed by atoms with Crippen LogP contribution in [-0.2, 0) is 0 Å². The van der Waals surface area contributed by atoms with Gasteiger partial charge < -0.3 is 14.8 Å². The van der Waals surface area contributed by atoms with Gasteiger partial charge in [0.25, 0.3) is 5.91 Å². The van der Waals surface area contributed by atoms with Crippen LogP contribution in [0, 0.1) is 0 Å². The molecule has 1 aromatic heterocycles. The number of nitrogens with one attached hydrogen (secondary N) is 2. The summed E-state index contributed by atoms with van der Waals surface area (Å²) in [4.78, 5) is 12.6. The SMILES string of the molecule is COc1ccc([C@@H](C)NC(=O)c2cc(-c3ccc(Br)cc3)n[nH]2)cc1OC. The van der Waals surface area contributed by atoms with E-state index in [4.69, 9.17) is 9.47 Å². The summed E-state index contributed by atoms with van der Waals surface area (Å²) in [6.07, 6.45) is 0. The van der Waals surface area contributed by atoms with Gasteiger partial charge in [0.15, 0.2) is 11.5 Å². The Morgan fingerprint density at radius 3 is 2.44 bits per heavy atom. The van der Waals surface area contributed by atoms with Crippen molar-refractivity contribution < 1.29 is 14.3 Å². The van der Waals surface area contributed by atoms with Gasteiger partial charge in [-0.05, 0) is 42.8 Å². The first-order valence-electron chi connectivity index (χ1n) is 8.36. The molecule has 27 heavy (non-hydrogen) atoms. The second kappa shape index (κ2) is 8.26. The third kappa shape index (κ3) is 4.31. The van der Waals surface area contributed by atoms with Crippen molar-refractivity contribution in [1.82, 2.24) is 15.5 Å². The van der Waals surface area contributed by atoms with Crippen LogP contribution in [0.4, 0.5) is 0 Å². The Morgan fingerprint density at radius 1 is 1.07 bits per heavy atom. The van der Waals surface area contributed by atoms with Gasteiger partial charge >= 0.3 is 0 Å². The summed E-state index contributed by atoms with van der Waals surface area (Å²) in [5.41, 5.74) is 2.96. The number of benzene rings is 2. The lowest BCUT2D eigenvalue weighted by molar-refractivity contribution is 0.0934. The van der Waals surface area contributed by atoms with Gasteiger partial charge in [-0.25, -0.2) is 0 Å². The van der Waals surface area contributed by atoms with E-state index in [9.17, 15) is 4.79 Å². The van der Waals surface area contributed by atoms with Crippen LogP contribution in [0.25, 0.3) is 11.3 Å². The molecule has 0 fully saturated rings. The van der Waals surface area contributed by atoms with Gasteiger partial charge in [0.1, 0.15) is 5.69 Å². The van der Waals surface area contributed by atoms with E-state index >= 15 is 0 Å². The molecule has 6 nitrogen and oxygen atoms in total. The van der Waals surface area contributed by atoms with Gasteiger partial charge in [-0.3, -0.25) is 9.89 Å². The van der Waals surface area contributed by atoms with Crippen LogP contribution in [0.3, 0.4) is 0 Å². The van der Waals surface area contributed by atoms with Crippen LogP contribution in [0.1, 0.15) is 29.0 Å². The fraction of sp³-hybridized carbons (Fsp3) is 0.200. The van der Waals surface area contributed by atoms with Crippen molar-refractivity contribution >= 4 is 21.8 Å². The number of hydrogen-bond donors (Lipinski definition) is 2. The molecule has 3 aromatic rings. The van der Waals surface area contributed by atoms with Crippen LogP contribution in [0.2, 0.25) is 0 Å². The molecule has 2 N–H and O–H groups in total. The van der Waals surface area contributed by atoms with E-state index in [0.29, 0.717) is 22.9 Å². The highest BCUT2D eigenvalue weighted by Crippen LogP contribution is 2.30. The summed E-state index contributed by atoms with van der Waals surface area (Å²) in [6.45, 7) is 1.91. The molecule has 0 aliphatic rings. The van der Waals surface area contributed by atoms with Crippen molar-refractivity contribution in [3.8, 4) is 22.8 Å². The van der Waals surface area contributed by atoms with Crippen molar-refractivity contribution in [1.29, 1.82) is 0 Å². The molecule has 1 atom stereocenters. The molecule has 0 radical (unpaired) electrons. The van der Waals surface area contributed by atoms with Crippen LogP contribution in [-0.4, -0.2) is 30.3 Å². The minimum atomic E-state index is -0.229. The molecule has 1 amide bonds. The average Bonchev–Trinajstić information content (AvgIpc) is 3.18. The number of halogens is 1. The molecule has 0 unspecified atom stereocenters. The summed E-state index contributed by atoms with van der Waals surface area (Å²) < 4.78 is 11.6. The van der Waals surface area contributed by atoms with E-state index in [1.807, 2.05) is 49.4 Å². The normalized spacial score (nSPS) is 11.7. The minimum absolute atomic E-state index is 0.211. The molecule has 140 valence electrons. The number of nitrogens with zero attached hydrogens (tertiary/aromatic N) is 1. The molecule has 0 aliphatic heterocycles. The quantitative estimate of drug-likeness (QED) is 0.610. The van der Waals surface area contributed by atoms with E-state index in [-0.39, 0.29) is 11.9 Å². The van der Waals surface area contributed by atoms with Crippen LogP contribution < -0.4 is 14.8 Å². The molecule has 7 heteroatoms. The molecule has 0 aliphatic carbocycles. The summed E-state index contributed by atoms with van der Waals surface area (Å²) in [5, 5.41) is 9.99. The van der Waals surface area contributed by atoms with Crippen LogP contribution in [0.15, 0.2) is 53.0 Å². The molecule has 0 saturated heterocycles. The number of H-pyrrole nitrogens is 1.